The summed E-state index contributed by atoms with van der Waals surface area (Å²) in [5.41, 5.74) is 2.07. The van der Waals surface area contributed by atoms with E-state index in [2.05, 4.69) is 0 Å². The second kappa shape index (κ2) is 13.4. The largest absolute Gasteiger partial charge is 0.457 e. The Balaban J connectivity index is 1.05. The Morgan fingerprint density at radius 2 is 0.742 bits per heavy atom. The molecule has 0 atom stereocenters. The predicted molar refractivity (Wildman–Crippen MR) is 249 cm³/mol. The number of benzene rings is 8. The minimum Gasteiger partial charge on any atom is -0.457 e. The van der Waals surface area contributed by atoms with Gasteiger partial charge in [0.1, 0.15) is 30.8 Å². The Morgan fingerprint density at radius 1 is 0.355 bits per heavy atom. The van der Waals surface area contributed by atoms with Gasteiger partial charge in [0, 0.05) is 42.9 Å². The third-order valence-corrected chi connectivity index (χ3v) is 13.6. The Kier molecular flexibility index (Phi) is 7.76. The minimum absolute atomic E-state index is 0.251. The van der Waals surface area contributed by atoms with E-state index in [1.54, 1.807) is 109 Å². The average Bonchev–Trinajstić information content (AvgIpc) is 3.31. The normalized spacial score (nSPS) is 12.0. The van der Waals surface area contributed by atoms with Gasteiger partial charge in [0.2, 0.25) is 10.9 Å². The molecule has 0 unspecified atom stereocenters. The SMILES string of the molecule is O=c1c2cc([PH](=O)c3ccc4c(c3)c(=O)c3ccc(Oc5ccccc5)c5c(=O)c6ccccc6n4c35)ccc2n2c3ccccc3c(=O)c3c(Oc4ccccc4)ccc1c32. The van der Waals surface area contributed by atoms with E-state index >= 15 is 0 Å². The van der Waals surface area contributed by atoms with Crippen molar-refractivity contribution in [2.24, 2.45) is 0 Å². The van der Waals surface area contributed by atoms with Gasteiger partial charge in [0.05, 0.1) is 43.9 Å². The molecule has 4 aromatic heterocycles. The number of aromatic nitrogens is 2. The Bertz CT molecular complexity index is 3880. The maximum atomic E-state index is 14.7. The lowest BCUT2D eigenvalue weighted by Gasteiger charge is -2.18. The van der Waals surface area contributed by atoms with E-state index in [1.807, 2.05) is 69.5 Å². The van der Waals surface area contributed by atoms with Crippen LogP contribution in [0.25, 0.3) is 76.2 Å². The summed E-state index contributed by atoms with van der Waals surface area (Å²) in [6.07, 6.45) is 0. The summed E-state index contributed by atoms with van der Waals surface area (Å²) < 4.78 is 31.0. The first-order valence-corrected chi connectivity index (χ1v) is 21.4. The summed E-state index contributed by atoms with van der Waals surface area (Å²) in [5, 5.41) is 3.66. The molecule has 4 heterocycles. The van der Waals surface area contributed by atoms with Crippen molar-refractivity contribution in [3.05, 3.63) is 211 Å². The van der Waals surface area contributed by atoms with Crippen LogP contribution in [-0.4, -0.2) is 8.80 Å². The van der Waals surface area contributed by atoms with Crippen molar-refractivity contribution in [3.63, 3.8) is 0 Å². The van der Waals surface area contributed by atoms with E-state index in [9.17, 15) is 23.7 Å². The smallest absolute Gasteiger partial charge is 0.201 e. The van der Waals surface area contributed by atoms with Gasteiger partial charge >= 0.3 is 0 Å². The second-order valence-electron chi connectivity index (χ2n) is 15.3. The van der Waals surface area contributed by atoms with E-state index in [0.717, 1.165) is 0 Å². The lowest BCUT2D eigenvalue weighted by molar-refractivity contribution is 0.488. The van der Waals surface area contributed by atoms with E-state index in [1.165, 1.54) is 0 Å². The summed E-state index contributed by atoms with van der Waals surface area (Å²) in [4.78, 5) is 57.4. The van der Waals surface area contributed by atoms with Crippen LogP contribution in [0, 0.1) is 0 Å². The maximum absolute atomic E-state index is 14.7. The zero-order chi connectivity index (χ0) is 41.8. The van der Waals surface area contributed by atoms with Gasteiger partial charge in [-0.15, -0.1) is 0 Å². The third kappa shape index (κ3) is 5.12. The van der Waals surface area contributed by atoms with Crippen LogP contribution < -0.4 is 41.8 Å². The molecule has 9 nitrogen and oxygen atoms in total. The number of hydrogen-bond acceptors (Lipinski definition) is 7. The number of hydrogen-bond donors (Lipinski definition) is 0. The monoisotopic (exact) mass is 824 g/mol. The van der Waals surface area contributed by atoms with Crippen LogP contribution in [0.15, 0.2) is 189 Å². The standard InChI is InChI=1S/C52H29N2O7P/c55-49-35-21-25-43(60-29-11-3-1-4-12-29)45-47(35)53(39-17-9-7-15-33(39)51(45)57)41-23-19-31(27-37(41)49)62(59)32-20-24-42-38(28-32)50(56)36-22-26-44(61-30-13-5-2-6-14-30)46-48(36)54(42)40-18-10-8-16-34(40)52(46)58/h1-28,62H. The molecular weight excluding hydrogens is 796 g/mol. The number of rotatable bonds is 6. The lowest BCUT2D eigenvalue weighted by atomic mass is 10.0. The highest BCUT2D eigenvalue weighted by Crippen LogP contribution is 2.37. The van der Waals surface area contributed by atoms with E-state index in [0.29, 0.717) is 99.0 Å². The highest BCUT2D eigenvalue weighted by atomic mass is 31.1. The van der Waals surface area contributed by atoms with Gasteiger partial charge in [0.25, 0.3) is 0 Å². The molecule has 62 heavy (non-hydrogen) atoms. The zero-order valence-corrected chi connectivity index (χ0v) is 33.4. The Labute approximate surface area is 350 Å². The van der Waals surface area contributed by atoms with Crippen molar-refractivity contribution in [1.29, 1.82) is 0 Å². The molecule has 0 spiro atoms. The molecule has 0 saturated carbocycles. The first kappa shape index (κ1) is 35.8. The second-order valence-corrected chi connectivity index (χ2v) is 17.1. The Hall–Kier alpha value is -8.13. The summed E-state index contributed by atoms with van der Waals surface area (Å²) in [5.74, 6) is 1.77. The highest BCUT2D eigenvalue weighted by molar-refractivity contribution is 7.61. The van der Waals surface area contributed by atoms with Crippen molar-refractivity contribution < 1.29 is 14.0 Å². The molecule has 10 heteroatoms. The van der Waals surface area contributed by atoms with Crippen LogP contribution >= 0.6 is 7.80 Å². The van der Waals surface area contributed by atoms with Gasteiger partial charge in [-0.25, -0.2) is 0 Å². The average molecular weight is 825 g/mol. The van der Waals surface area contributed by atoms with Crippen LogP contribution in [0.5, 0.6) is 23.0 Å². The van der Waals surface area contributed by atoms with Crippen LogP contribution in [-0.2, 0) is 4.57 Å². The molecule has 294 valence electrons. The molecule has 0 aliphatic carbocycles. The van der Waals surface area contributed by atoms with Crippen LogP contribution in [0.2, 0.25) is 0 Å². The van der Waals surface area contributed by atoms with Crippen molar-refractivity contribution in [2.45, 2.75) is 0 Å². The predicted octanol–water partition coefficient (Wildman–Crippen LogP) is 9.52. The summed E-state index contributed by atoms with van der Waals surface area (Å²) in [6, 6.07) is 49.9. The lowest BCUT2D eigenvalue weighted by Crippen LogP contribution is -2.17. The van der Waals surface area contributed by atoms with E-state index in [4.69, 9.17) is 9.47 Å². The van der Waals surface area contributed by atoms with Crippen molar-refractivity contribution in [3.8, 4) is 23.0 Å². The van der Waals surface area contributed by atoms with Crippen LogP contribution in [0.4, 0.5) is 0 Å². The quantitative estimate of drug-likeness (QED) is 0.0933. The van der Waals surface area contributed by atoms with Gasteiger partial charge in [-0.05, 0) is 109 Å². The number of para-hydroxylation sites is 4. The molecule has 0 radical (unpaired) electrons. The molecule has 0 N–H and O–H groups in total. The fourth-order valence-electron chi connectivity index (χ4n) is 9.11. The van der Waals surface area contributed by atoms with Crippen molar-refractivity contribution in [2.75, 3.05) is 0 Å². The minimum atomic E-state index is -2.80. The summed E-state index contributed by atoms with van der Waals surface area (Å²) in [7, 11) is -2.80. The van der Waals surface area contributed by atoms with Crippen molar-refractivity contribution in [1.82, 2.24) is 8.80 Å². The molecule has 0 amide bonds. The first-order chi connectivity index (χ1) is 30.4. The third-order valence-electron chi connectivity index (χ3n) is 11.9. The van der Waals surface area contributed by atoms with Crippen LogP contribution in [0.3, 0.4) is 0 Å². The Morgan fingerprint density at radius 3 is 1.18 bits per heavy atom. The fourth-order valence-corrected chi connectivity index (χ4v) is 10.5. The molecule has 12 rings (SSSR count). The number of fused-ring (bicyclic) bond motifs is 8. The van der Waals surface area contributed by atoms with Gasteiger partial charge in [-0.3, -0.25) is 19.2 Å². The fraction of sp³-hybridized carbons (Fsp3) is 0. The van der Waals surface area contributed by atoms with E-state index in [-0.39, 0.29) is 32.5 Å². The molecule has 8 aromatic carbocycles. The molecule has 0 fully saturated rings. The number of pyridine rings is 4. The number of nitrogens with zero attached hydrogens (tertiary/aromatic N) is 2. The molecule has 0 bridgehead atoms. The van der Waals surface area contributed by atoms with Gasteiger partial charge in [0.15, 0.2) is 10.9 Å². The number of ether oxygens (including phenoxy) is 2. The topological polar surface area (TPSA) is 113 Å². The zero-order valence-electron chi connectivity index (χ0n) is 32.4. The molecule has 0 aliphatic heterocycles. The first-order valence-electron chi connectivity index (χ1n) is 20.0. The van der Waals surface area contributed by atoms with Crippen molar-refractivity contribution >= 4 is 94.6 Å². The van der Waals surface area contributed by atoms with E-state index < -0.39 is 7.80 Å². The molecule has 0 saturated heterocycles. The van der Waals surface area contributed by atoms with Gasteiger partial charge in [-0.1, -0.05) is 60.7 Å². The molecular formula is C52H29N2O7P. The molecule has 12 aromatic rings. The summed E-state index contributed by atoms with van der Waals surface area (Å²) >= 11 is 0. The van der Waals surface area contributed by atoms with Crippen LogP contribution in [0.1, 0.15) is 0 Å². The summed E-state index contributed by atoms with van der Waals surface area (Å²) in [6.45, 7) is 0. The highest BCUT2D eigenvalue weighted by Gasteiger charge is 2.24. The molecule has 0 aliphatic rings. The van der Waals surface area contributed by atoms with Gasteiger partial charge in [-0.2, -0.15) is 0 Å². The van der Waals surface area contributed by atoms with Gasteiger partial charge < -0.3 is 22.8 Å². The maximum Gasteiger partial charge on any atom is 0.201 e.